The minimum Gasteiger partial charge on any atom is -0.456 e. The smallest absolute Gasteiger partial charge is 0.137 e. The zero-order valence-corrected chi connectivity index (χ0v) is 32.1. The monoisotopic (exact) mass is 769 g/mol. The van der Waals surface area contributed by atoms with Crippen LogP contribution in [-0.2, 0) is 10.8 Å². The molecule has 0 N–H and O–H groups in total. The van der Waals surface area contributed by atoms with E-state index in [9.17, 15) is 0 Å². The molecule has 0 atom stereocenters. The highest BCUT2D eigenvalue weighted by molar-refractivity contribution is 9.10. The Labute approximate surface area is 329 Å². The van der Waals surface area contributed by atoms with Gasteiger partial charge in [0.2, 0.25) is 0 Å². The first-order valence-electron chi connectivity index (χ1n) is 19.0. The van der Waals surface area contributed by atoms with Gasteiger partial charge in [-0.15, -0.1) is 0 Å². The first-order chi connectivity index (χ1) is 26.9. The number of hydrogen-bond donors (Lipinski definition) is 0. The van der Waals surface area contributed by atoms with Gasteiger partial charge in [-0.1, -0.05) is 157 Å². The van der Waals surface area contributed by atoms with Crippen LogP contribution >= 0.6 is 15.9 Å². The molecule has 55 heavy (non-hydrogen) atoms. The molecule has 0 bridgehead atoms. The number of hydrogen-bond acceptors (Lipinski definition) is 2. The summed E-state index contributed by atoms with van der Waals surface area (Å²) in [4.78, 5) is 2.41. The average Bonchev–Trinajstić information content (AvgIpc) is 3.82. The molecule has 3 heteroatoms. The van der Waals surface area contributed by atoms with Crippen molar-refractivity contribution in [2.24, 2.45) is 0 Å². The zero-order valence-electron chi connectivity index (χ0n) is 30.6. The van der Waals surface area contributed by atoms with Gasteiger partial charge in [0.15, 0.2) is 0 Å². The van der Waals surface area contributed by atoms with Crippen molar-refractivity contribution >= 4 is 54.9 Å². The van der Waals surface area contributed by atoms with E-state index >= 15 is 0 Å². The normalized spacial score (nSPS) is 14.4. The molecular formula is C52H36BrNO. The van der Waals surface area contributed by atoms with Gasteiger partial charge in [0.25, 0.3) is 0 Å². The van der Waals surface area contributed by atoms with Gasteiger partial charge in [-0.3, -0.25) is 0 Å². The number of halogens is 1. The van der Waals surface area contributed by atoms with E-state index < -0.39 is 5.41 Å². The van der Waals surface area contributed by atoms with Crippen LogP contribution in [0.5, 0.6) is 0 Å². The van der Waals surface area contributed by atoms with Crippen LogP contribution in [0.3, 0.4) is 0 Å². The molecule has 262 valence electrons. The summed E-state index contributed by atoms with van der Waals surface area (Å²) in [5.41, 5.74) is 17.2. The maximum absolute atomic E-state index is 6.50. The van der Waals surface area contributed by atoms with E-state index in [1.807, 2.05) is 6.07 Å². The van der Waals surface area contributed by atoms with Crippen molar-refractivity contribution in [2.75, 3.05) is 4.90 Å². The summed E-state index contributed by atoms with van der Waals surface area (Å²) in [6.45, 7) is 4.70. The number of furan rings is 1. The summed E-state index contributed by atoms with van der Waals surface area (Å²) >= 11 is 4.03. The van der Waals surface area contributed by atoms with E-state index in [2.05, 4.69) is 211 Å². The summed E-state index contributed by atoms with van der Waals surface area (Å²) in [6.07, 6.45) is 0. The lowest BCUT2D eigenvalue weighted by Gasteiger charge is -2.36. The van der Waals surface area contributed by atoms with Crippen LogP contribution in [0.1, 0.15) is 47.2 Å². The second-order valence-electron chi connectivity index (χ2n) is 15.4. The molecule has 0 spiro atoms. The molecule has 8 aromatic carbocycles. The summed E-state index contributed by atoms with van der Waals surface area (Å²) in [7, 11) is 0. The van der Waals surface area contributed by atoms with Crippen LogP contribution in [0.25, 0.3) is 44.2 Å². The molecule has 0 fully saturated rings. The molecule has 11 rings (SSSR count). The third-order valence-corrected chi connectivity index (χ3v) is 12.9. The number of para-hydroxylation sites is 1. The van der Waals surface area contributed by atoms with Gasteiger partial charge >= 0.3 is 0 Å². The van der Waals surface area contributed by atoms with E-state index in [4.69, 9.17) is 4.42 Å². The van der Waals surface area contributed by atoms with Crippen molar-refractivity contribution in [1.29, 1.82) is 0 Å². The third-order valence-electron chi connectivity index (χ3n) is 12.2. The molecule has 2 aliphatic rings. The molecule has 2 nitrogen and oxygen atoms in total. The maximum Gasteiger partial charge on any atom is 0.137 e. The van der Waals surface area contributed by atoms with Gasteiger partial charge in [0.1, 0.15) is 11.2 Å². The number of rotatable bonds is 5. The molecule has 0 saturated heterocycles. The number of benzene rings is 8. The summed E-state index contributed by atoms with van der Waals surface area (Å²) in [6, 6.07) is 66.6. The molecule has 9 aromatic rings. The van der Waals surface area contributed by atoms with E-state index in [0.29, 0.717) is 0 Å². The Kier molecular flexibility index (Phi) is 7.00. The van der Waals surface area contributed by atoms with Crippen molar-refractivity contribution < 1.29 is 4.42 Å². The quantitative estimate of drug-likeness (QED) is 0.173. The second kappa shape index (κ2) is 11.9. The Morgan fingerprint density at radius 1 is 0.418 bits per heavy atom. The fourth-order valence-electron chi connectivity index (χ4n) is 9.77. The van der Waals surface area contributed by atoms with Crippen molar-refractivity contribution in [2.45, 2.75) is 24.7 Å². The van der Waals surface area contributed by atoms with Crippen molar-refractivity contribution in [3.8, 4) is 22.3 Å². The predicted octanol–water partition coefficient (Wildman–Crippen LogP) is 14.5. The minimum atomic E-state index is -0.556. The Hall–Kier alpha value is -6.16. The molecule has 0 unspecified atom stereocenters. The van der Waals surface area contributed by atoms with Crippen LogP contribution in [0, 0.1) is 0 Å². The fourth-order valence-corrected chi connectivity index (χ4v) is 10.3. The third kappa shape index (κ3) is 4.54. The zero-order chi connectivity index (χ0) is 36.9. The first kappa shape index (κ1) is 32.3. The molecule has 1 heterocycles. The van der Waals surface area contributed by atoms with Crippen molar-refractivity contribution in [3.05, 3.63) is 220 Å². The molecule has 0 radical (unpaired) electrons. The molecule has 0 aliphatic heterocycles. The van der Waals surface area contributed by atoms with Gasteiger partial charge in [0.05, 0.1) is 5.41 Å². The highest BCUT2D eigenvalue weighted by Gasteiger charge is 2.47. The molecular weight excluding hydrogens is 734 g/mol. The van der Waals surface area contributed by atoms with Crippen LogP contribution in [0.4, 0.5) is 17.1 Å². The largest absolute Gasteiger partial charge is 0.456 e. The highest BCUT2D eigenvalue weighted by Crippen LogP contribution is 2.58. The Balaban J connectivity index is 1.18. The fraction of sp³-hybridized carbons (Fsp3) is 0.0769. The lowest BCUT2D eigenvalue weighted by Crippen LogP contribution is -2.29. The van der Waals surface area contributed by atoms with E-state index in [0.717, 1.165) is 43.5 Å². The highest BCUT2D eigenvalue weighted by atomic mass is 79.9. The summed E-state index contributed by atoms with van der Waals surface area (Å²) < 4.78 is 7.59. The number of fused-ring (bicyclic) bond motifs is 9. The number of anilines is 3. The standard InChI is InChI=1S/C52H36BrNO/c1-51(2)43-20-7-3-16-37(43)40-28-26-35(31-47(40)51)54(36-27-29-42-41-19-6-12-25-49(41)55-50(42)32-36)34-15-13-14-33(30-34)52(46-23-10-11-24-48(46)53)44-21-8-4-17-38(44)39-18-5-9-22-45(39)52/h3-32H,1-2H3. The summed E-state index contributed by atoms with van der Waals surface area (Å²) in [5.74, 6) is 0. The van der Waals surface area contributed by atoms with E-state index in [1.54, 1.807) is 0 Å². The molecule has 0 amide bonds. The Morgan fingerprint density at radius 3 is 1.71 bits per heavy atom. The topological polar surface area (TPSA) is 16.4 Å². The van der Waals surface area contributed by atoms with Gasteiger partial charge in [-0.05, 0) is 104 Å². The van der Waals surface area contributed by atoms with Crippen molar-refractivity contribution in [3.63, 3.8) is 0 Å². The van der Waals surface area contributed by atoms with Crippen LogP contribution in [-0.4, -0.2) is 0 Å². The van der Waals surface area contributed by atoms with Crippen LogP contribution in [0.15, 0.2) is 191 Å². The van der Waals surface area contributed by atoms with Gasteiger partial charge in [-0.2, -0.15) is 0 Å². The SMILES string of the molecule is CC1(C)c2ccccc2-c2ccc(N(c3cccc(C4(c5ccccc5Br)c5ccccc5-c5ccccc54)c3)c3ccc4c(c3)oc3ccccc34)cc21. The average molecular weight is 771 g/mol. The lowest BCUT2D eigenvalue weighted by molar-refractivity contribution is 0.660. The molecule has 1 aromatic heterocycles. The maximum atomic E-state index is 6.50. The van der Waals surface area contributed by atoms with Crippen LogP contribution in [0.2, 0.25) is 0 Å². The molecule has 2 aliphatic carbocycles. The molecule has 0 saturated carbocycles. The first-order valence-corrected chi connectivity index (χ1v) is 19.7. The van der Waals surface area contributed by atoms with E-state index in [-0.39, 0.29) is 5.41 Å². The van der Waals surface area contributed by atoms with E-state index in [1.165, 1.54) is 55.6 Å². The minimum absolute atomic E-state index is 0.140. The van der Waals surface area contributed by atoms with Gasteiger partial charge in [-0.25, -0.2) is 0 Å². The van der Waals surface area contributed by atoms with Gasteiger partial charge < -0.3 is 9.32 Å². The second-order valence-corrected chi connectivity index (χ2v) is 16.2. The Bertz CT molecular complexity index is 2960. The van der Waals surface area contributed by atoms with Crippen molar-refractivity contribution in [1.82, 2.24) is 0 Å². The Morgan fingerprint density at radius 2 is 0.964 bits per heavy atom. The van der Waals surface area contributed by atoms with Gasteiger partial charge in [0, 0.05) is 43.8 Å². The van der Waals surface area contributed by atoms with Crippen LogP contribution < -0.4 is 4.90 Å². The number of nitrogens with zero attached hydrogens (tertiary/aromatic N) is 1. The summed E-state index contributed by atoms with van der Waals surface area (Å²) in [5, 5.41) is 2.24. The lowest BCUT2D eigenvalue weighted by atomic mass is 9.67. The predicted molar refractivity (Wildman–Crippen MR) is 231 cm³/mol.